The second-order valence-corrected chi connectivity index (χ2v) is 6.43. The summed E-state index contributed by atoms with van der Waals surface area (Å²) in [7, 11) is 0. The van der Waals surface area contributed by atoms with Crippen LogP contribution in [-0.2, 0) is 10.5 Å². The van der Waals surface area contributed by atoms with Crippen molar-refractivity contribution in [3.8, 4) is 0 Å². The smallest absolute Gasteiger partial charge is 0.335 e. The lowest BCUT2D eigenvalue weighted by atomic mass is 10.1. The number of hydrogen-bond donors (Lipinski definition) is 3. The quantitative estimate of drug-likeness (QED) is 0.679. The van der Waals surface area contributed by atoms with Crippen molar-refractivity contribution in [1.82, 2.24) is 0 Å². The number of carbonyl (C=O) groups excluding carboxylic acids is 1. The molecule has 0 radical (unpaired) electrons. The third kappa shape index (κ3) is 5.51. The fraction of sp³-hybridized carbons (Fsp3) is 0.118. The zero-order chi connectivity index (χ0) is 18.4. The Balaban J connectivity index is 1.99. The second-order valence-electron chi connectivity index (χ2n) is 5.04. The molecule has 0 aliphatic carbocycles. The number of thioether (sulfide) groups is 1. The van der Waals surface area contributed by atoms with Gasteiger partial charge in [-0.2, -0.15) is 0 Å². The Bertz CT molecular complexity index is 792. The van der Waals surface area contributed by atoms with Crippen molar-refractivity contribution < 1.29 is 24.6 Å². The number of carbonyl (C=O) groups is 3. The molecule has 0 aromatic heterocycles. The minimum absolute atomic E-state index is 0.116. The first kappa shape index (κ1) is 18.8. The molecule has 0 aliphatic rings. The van der Waals surface area contributed by atoms with Crippen molar-refractivity contribution >= 4 is 46.9 Å². The molecule has 2 rings (SSSR count). The summed E-state index contributed by atoms with van der Waals surface area (Å²) in [5, 5.41) is 21.2. The van der Waals surface area contributed by atoms with E-state index in [4.69, 9.17) is 21.8 Å². The topological polar surface area (TPSA) is 104 Å². The normalized spacial score (nSPS) is 10.3. The number of carboxylic acids is 2. The first-order valence-corrected chi connectivity index (χ1v) is 8.63. The van der Waals surface area contributed by atoms with Crippen LogP contribution in [0.3, 0.4) is 0 Å². The summed E-state index contributed by atoms with van der Waals surface area (Å²) in [6.45, 7) is 0. The number of benzene rings is 2. The molecule has 1 amide bonds. The average molecular weight is 380 g/mol. The van der Waals surface area contributed by atoms with E-state index in [1.807, 2.05) is 18.2 Å². The zero-order valence-electron chi connectivity index (χ0n) is 12.9. The van der Waals surface area contributed by atoms with Gasteiger partial charge in [0.05, 0.1) is 16.9 Å². The van der Waals surface area contributed by atoms with Crippen molar-refractivity contribution in [3.05, 3.63) is 64.2 Å². The number of hydrogen-bond acceptors (Lipinski definition) is 4. The van der Waals surface area contributed by atoms with E-state index in [-0.39, 0.29) is 28.5 Å². The molecule has 0 fully saturated rings. The molecule has 2 aromatic carbocycles. The van der Waals surface area contributed by atoms with Crippen LogP contribution in [0, 0.1) is 0 Å². The molecule has 130 valence electrons. The van der Waals surface area contributed by atoms with E-state index >= 15 is 0 Å². The first-order valence-electron chi connectivity index (χ1n) is 7.09. The maximum Gasteiger partial charge on any atom is 0.335 e. The molecule has 0 heterocycles. The number of aromatic carboxylic acids is 2. The Kier molecular flexibility index (Phi) is 6.44. The van der Waals surface area contributed by atoms with Crippen LogP contribution < -0.4 is 5.32 Å². The lowest BCUT2D eigenvalue weighted by Gasteiger charge is -2.08. The Morgan fingerprint density at radius 2 is 1.60 bits per heavy atom. The van der Waals surface area contributed by atoms with Gasteiger partial charge in [-0.1, -0.05) is 29.8 Å². The molecule has 6 nitrogen and oxygen atoms in total. The third-order valence-corrected chi connectivity index (χ3v) is 4.51. The molecular formula is C17H14ClNO5S. The van der Waals surface area contributed by atoms with Crippen molar-refractivity contribution in [3.63, 3.8) is 0 Å². The van der Waals surface area contributed by atoms with Gasteiger partial charge in [-0.3, -0.25) is 4.79 Å². The molecule has 25 heavy (non-hydrogen) atoms. The van der Waals surface area contributed by atoms with Gasteiger partial charge in [-0.15, -0.1) is 11.8 Å². The van der Waals surface area contributed by atoms with Gasteiger partial charge < -0.3 is 15.5 Å². The predicted molar refractivity (Wildman–Crippen MR) is 96.6 cm³/mol. The molecule has 3 N–H and O–H groups in total. The number of anilines is 1. The van der Waals surface area contributed by atoms with E-state index in [0.717, 1.165) is 11.6 Å². The Hall–Kier alpha value is -2.51. The van der Waals surface area contributed by atoms with Gasteiger partial charge in [0.2, 0.25) is 5.91 Å². The highest BCUT2D eigenvalue weighted by Gasteiger charge is 2.13. The Labute approximate surface area is 152 Å². The number of amides is 1. The maximum atomic E-state index is 12.0. The molecule has 0 saturated heterocycles. The summed E-state index contributed by atoms with van der Waals surface area (Å²) in [6.07, 6.45) is 0. The first-order chi connectivity index (χ1) is 11.9. The number of rotatable bonds is 7. The van der Waals surface area contributed by atoms with Crippen LogP contribution in [0.4, 0.5) is 5.69 Å². The van der Waals surface area contributed by atoms with Crippen LogP contribution in [0.1, 0.15) is 26.3 Å². The molecule has 0 aliphatic heterocycles. The van der Waals surface area contributed by atoms with Gasteiger partial charge in [0, 0.05) is 16.5 Å². The molecule has 2 aromatic rings. The van der Waals surface area contributed by atoms with E-state index in [0.29, 0.717) is 10.8 Å². The molecule has 8 heteroatoms. The highest BCUT2D eigenvalue weighted by molar-refractivity contribution is 7.99. The summed E-state index contributed by atoms with van der Waals surface area (Å²) in [6, 6.07) is 10.8. The predicted octanol–water partition coefficient (Wildman–Crippen LogP) is 3.61. The van der Waals surface area contributed by atoms with Gasteiger partial charge >= 0.3 is 11.9 Å². The van der Waals surface area contributed by atoms with Gasteiger partial charge in [0.15, 0.2) is 0 Å². The van der Waals surface area contributed by atoms with Crippen molar-refractivity contribution in [2.75, 3.05) is 11.1 Å². The standard InChI is InChI=1S/C17H14ClNO5S/c18-14-4-2-1-3-10(14)8-25-9-15(20)19-13-6-11(16(21)22)5-12(7-13)17(23)24/h1-7H,8-9H2,(H,19,20)(H,21,22)(H,23,24). The minimum Gasteiger partial charge on any atom is -0.478 e. The minimum atomic E-state index is -1.27. The van der Waals surface area contributed by atoms with E-state index in [1.165, 1.54) is 23.9 Å². The number of halogens is 1. The van der Waals surface area contributed by atoms with Gasteiger partial charge in [0.1, 0.15) is 0 Å². The van der Waals surface area contributed by atoms with Crippen LogP contribution in [0.15, 0.2) is 42.5 Å². The van der Waals surface area contributed by atoms with Gasteiger partial charge in [-0.05, 0) is 29.8 Å². The van der Waals surface area contributed by atoms with E-state index < -0.39 is 11.9 Å². The summed E-state index contributed by atoms with van der Waals surface area (Å²) < 4.78 is 0. The van der Waals surface area contributed by atoms with Crippen molar-refractivity contribution in [2.45, 2.75) is 5.75 Å². The summed E-state index contributed by atoms with van der Waals surface area (Å²) in [5.41, 5.74) is 0.612. The third-order valence-electron chi connectivity index (χ3n) is 3.16. The van der Waals surface area contributed by atoms with Crippen molar-refractivity contribution in [2.24, 2.45) is 0 Å². The summed E-state index contributed by atoms with van der Waals surface area (Å²) >= 11 is 7.38. The summed E-state index contributed by atoms with van der Waals surface area (Å²) in [4.78, 5) is 34.1. The Morgan fingerprint density at radius 3 is 2.16 bits per heavy atom. The lowest BCUT2D eigenvalue weighted by molar-refractivity contribution is -0.113. The van der Waals surface area contributed by atoms with E-state index in [2.05, 4.69) is 5.32 Å². The largest absolute Gasteiger partial charge is 0.478 e. The average Bonchev–Trinajstić information content (AvgIpc) is 2.56. The molecular weight excluding hydrogens is 366 g/mol. The van der Waals surface area contributed by atoms with Crippen LogP contribution in [0.25, 0.3) is 0 Å². The van der Waals surface area contributed by atoms with Crippen molar-refractivity contribution in [1.29, 1.82) is 0 Å². The van der Waals surface area contributed by atoms with Crippen LogP contribution in [0.2, 0.25) is 5.02 Å². The highest BCUT2D eigenvalue weighted by Crippen LogP contribution is 2.21. The summed E-state index contributed by atoms with van der Waals surface area (Å²) in [5.74, 6) is -2.25. The van der Waals surface area contributed by atoms with Crippen LogP contribution in [-0.4, -0.2) is 33.8 Å². The molecule has 0 atom stereocenters. The lowest BCUT2D eigenvalue weighted by Crippen LogP contribution is -2.15. The molecule has 0 spiro atoms. The highest BCUT2D eigenvalue weighted by atomic mass is 35.5. The number of nitrogens with one attached hydrogen (secondary N) is 1. The maximum absolute atomic E-state index is 12.0. The molecule has 0 saturated carbocycles. The van der Waals surface area contributed by atoms with Gasteiger partial charge in [-0.25, -0.2) is 9.59 Å². The molecule has 0 bridgehead atoms. The number of carboxylic acid groups (broad SMARTS) is 2. The zero-order valence-corrected chi connectivity index (χ0v) is 14.4. The fourth-order valence-electron chi connectivity index (χ4n) is 2.01. The second kappa shape index (κ2) is 8.55. The Morgan fingerprint density at radius 1 is 1.00 bits per heavy atom. The van der Waals surface area contributed by atoms with Gasteiger partial charge in [0.25, 0.3) is 0 Å². The van der Waals surface area contributed by atoms with E-state index in [9.17, 15) is 14.4 Å². The van der Waals surface area contributed by atoms with Crippen LogP contribution in [0.5, 0.6) is 0 Å². The fourth-order valence-corrected chi connectivity index (χ4v) is 3.13. The van der Waals surface area contributed by atoms with Crippen LogP contribution >= 0.6 is 23.4 Å². The monoisotopic (exact) mass is 379 g/mol. The van der Waals surface area contributed by atoms with E-state index in [1.54, 1.807) is 6.07 Å². The molecule has 0 unspecified atom stereocenters. The SMILES string of the molecule is O=C(CSCc1ccccc1Cl)Nc1cc(C(=O)O)cc(C(=O)O)c1.